The summed E-state index contributed by atoms with van der Waals surface area (Å²) in [6.45, 7) is 0.778. The molecular formula is C16H14N4O3. The van der Waals surface area contributed by atoms with E-state index in [1.165, 1.54) is 6.20 Å². The summed E-state index contributed by atoms with van der Waals surface area (Å²) < 4.78 is 12.2. The van der Waals surface area contributed by atoms with Crippen molar-refractivity contribution in [1.29, 1.82) is 0 Å². The van der Waals surface area contributed by atoms with E-state index in [0.29, 0.717) is 24.2 Å². The Morgan fingerprint density at radius 1 is 1.30 bits per heavy atom. The number of hydrogen-bond acceptors (Lipinski definition) is 5. The predicted molar refractivity (Wildman–Crippen MR) is 81.6 cm³/mol. The maximum absolute atomic E-state index is 12.2. The van der Waals surface area contributed by atoms with Gasteiger partial charge in [0.15, 0.2) is 17.1 Å². The van der Waals surface area contributed by atoms with Crippen LogP contribution in [0.3, 0.4) is 0 Å². The average Bonchev–Trinajstić information content (AvgIpc) is 3.21. The van der Waals surface area contributed by atoms with E-state index in [0.717, 1.165) is 17.1 Å². The molecule has 2 aromatic heterocycles. The lowest BCUT2D eigenvalue weighted by molar-refractivity contribution is 0.0955. The van der Waals surface area contributed by atoms with Gasteiger partial charge in [-0.05, 0) is 30.2 Å². The molecule has 7 heteroatoms. The summed E-state index contributed by atoms with van der Waals surface area (Å²) in [5, 5.41) is 7.00. The Morgan fingerprint density at radius 2 is 2.22 bits per heavy atom. The molecule has 23 heavy (non-hydrogen) atoms. The average molecular weight is 310 g/mol. The summed E-state index contributed by atoms with van der Waals surface area (Å²) >= 11 is 0. The third-order valence-electron chi connectivity index (χ3n) is 3.66. The van der Waals surface area contributed by atoms with E-state index in [1.54, 1.807) is 23.0 Å². The summed E-state index contributed by atoms with van der Waals surface area (Å²) in [5.41, 5.74) is 2.09. The number of carbonyl (C=O) groups is 1. The van der Waals surface area contributed by atoms with Crippen molar-refractivity contribution >= 4 is 11.6 Å². The Balaban J connectivity index is 1.40. The Morgan fingerprint density at radius 3 is 3.17 bits per heavy atom. The van der Waals surface area contributed by atoms with Gasteiger partial charge >= 0.3 is 0 Å². The first kappa shape index (κ1) is 13.6. The molecule has 0 unspecified atom stereocenters. The van der Waals surface area contributed by atoms with Crippen molar-refractivity contribution in [1.82, 2.24) is 19.9 Å². The molecule has 0 atom stereocenters. The molecule has 0 saturated carbocycles. The number of carbonyl (C=O) groups excluding carboxylic acids is 1. The van der Waals surface area contributed by atoms with Crippen LogP contribution in [0.1, 0.15) is 15.9 Å². The van der Waals surface area contributed by atoms with Gasteiger partial charge in [0.05, 0.1) is 6.20 Å². The SMILES string of the molecule is O=C(NCCc1ccc2c(c1)OCO2)c1cnn2cccnc12. The third kappa shape index (κ3) is 2.57. The monoisotopic (exact) mass is 310 g/mol. The molecule has 0 saturated heterocycles. The predicted octanol–water partition coefficient (Wildman–Crippen LogP) is 1.43. The lowest BCUT2D eigenvalue weighted by Gasteiger charge is -2.05. The fourth-order valence-electron chi connectivity index (χ4n) is 2.50. The number of nitrogens with one attached hydrogen (secondary N) is 1. The highest BCUT2D eigenvalue weighted by Gasteiger charge is 2.15. The number of rotatable bonds is 4. The number of amides is 1. The summed E-state index contributed by atoms with van der Waals surface area (Å²) in [5.74, 6) is 1.33. The van der Waals surface area contributed by atoms with Crippen molar-refractivity contribution in [2.24, 2.45) is 0 Å². The number of benzene rings is 1. The van der Waals surface area contributed by atoms with Crippen LogP contribution in [0.25, 0.3) is 5.65 Å². The first-order valence-corrected chi connectivity index (χ1v) is 7.26. The summed E-state index contributed by atoms with van der Waals surface area (Å²) in [4.78, 5) is 16.4. The molecule has 0 radical (unpaired) electrons. The quantitative estimate of drug-likeness (QED) is 0.789. The smallest absolute Gasteiger partial charge is 0.256 e. The van der Waals surface area contributed by atoms with Crippen LogP contribution in [0.15, 0.2) is 42.9 Å². The van der Waals surface area contributed by atoms with Gasteiger partial charge in [0.25, 0.3) is 5.91 Å². The fraction of sp³-hybridized carbons (Fsp3) is 0.188. The van der Waals surface area contributed by atoms with Gasteiger partial charge in [0, 0.05) is 18.9 Å². The second-order valence-corrected chi connectivity index (χ2v) is 5.14. The molecule has 0 spiro atoms. The Bertz CT molecular complexity index is 875. The van der Waals surface area contributed by atoms with Crippen molar-refractivity contribution in [3.05, 3.63) is 54.0 Å². The largest absolute Gasteiger partial charge is 0.454 e. The molecule has 4 rings (SSSR count). The highest BCUT2D eigenvalue weighted by atomic mass is 16.7. The van der Waals surface area contributed by atoms with Crippen LogP contribution in [0.2, 0.25) is 0 Å². The van der Waals surface area contributed by atoms with Gasteiger partial charge in [-0.2, -0.15) is 5.10 Å². The maximum Gasteiger partial charge on any atom is 0.256 e. The molecule has 3 aromatic rings. The Hall–Kier alpha value is -3.09. The summed E-state index contributed by atoms with van der Waals surface area (Å²) in [6, 6.07) is 7.55. The molecule has 1 N–H and O–H groups in total. The van der Waals surface area contributed by atoms with E-state index in [9.17, 15) is 4.79 Å². The lowest BCUT2D eigenvalue weighted by atomic mass is 10.1. The molecule has 116 valence electrons. The minimum atomic E-state index is -0.181. The maximum atomic E-state index is 12.2. The number of aromatic nitrogens is 3. The van der Waals surface area contributed by atoms with Crippen molar-refractivity contribution in [2.45, 2.75) is 6.42 Å². The van der Waals surface area contributed by atoms with Gasteiger partial charge in [-0.1, -0.05) is 6.07 Å². The van der Waals surface area contributed by atoms with E-state index in [-0.39, 0.29) is 12.7 Å². The second-order valence-electron chi connectivity index (χ2n) is 5.14. The molecule has 0 aliphatic carbocycles. The van der Waals surface area contributed by atoms with Crippen molar-refractivity contribution in [2.75, 3.05) is 13.3 Å². The standard InChI is InChI=1S/C16H14N4O3/c21-16(12-9-19-20-7-1-5-17-15(12)20)18-6-4-11-2-3-13-14(8-11)23-10-22-13/h1-3,5,7-9H,4,6,10H2,(H,18,21). The lowest BCUT2D eigenvalue weighted by Crippen LogP contribution is -2.25. The van der Waals surface area contributed by atoms with E-state index >= 15 is 0 Å². The Labute approximate surface area is 131 Å². The molecule has 0 bridgehead atoms. The van der Waals surface area contributed by atoms with Crippen LogP contribution < -0.4 is 14.8 Å². The van der Waals surface area contributed by atoms with Crippen LogP contribution in [0.5, 0.6) is 11.5 Å². The molecule has 0 fully saturated rings. The first-order chi connectivity index (χ1) is 11.3. The number of nitrogens with zero attached hydrogens (tertiary/aromatic N) is 3. The fourth-order valence-corrected chi connectivity index (χ4v) is 2.50. The molecule has 1 aliphatic rings. The zero-order chi connectivity index (χ0) is 15.6. The minimum Gasteiger partial charge on any atom is -0.454 e. The molecule has 7 nitrogen and oxygen atoms in total. The molecule has 1 amide bonds. The van der Waals surface area contributed by atoms with Gasteiger partial charge in [-0.25, -0.2) is 9.50 Å². The van der Waals surface area contributed by atoms with Crippen LogP contribution >= 0.6 is 0 Å². The summed E-state index contributed by atoms with van der Waals surface area (Å²) in [7, 11) is 0. The zero-order valence-electron chi connectivity index (χ0n) is 12.2. The number of hydrogen-bond donors (Lipinski definition) is 1. The number of ether oxygens (including phenoxy) is 2. The topological polar surface area (TPSA) is 77.8 Å². The molecule has 3 heterocycles. The minimum absolute atomic E-state index is 0.181. The zero-order valence-corrected chi connectivity index (χ0v) is 12.2. The first-order valence-electron chi connectivity index (χ1n) is 7.26. The van der Waals surface area contributed by atoms with Gasteiger partial charge in [-0.3, -0.25) is 4.79 Å². The second kappa shape index (κ2) is 5.60. The van der Waals surface area contributed by atoms with Gasteiger partial charge in [-0.15, -0.1) is 0 Å². The van der Waals surface area contributed by atoms with Crippen molar-refractivity contribution in [3.63, 3.8) is 0 Å². The normalized spacial score (nSPS) is 12.5. The summed E-state index contributed by atoms with van der Waals surface area (Å²) in [6.07, 6.45) is 5.62. The number of fused-ring (bicyclic) bond motifs is 2. The van der Waals surface area contributed by atoms with E-state index < -0.39 is 0 Å². The third-order valence-corrected chi connectivity index (χ3v) is 3.66. The van der Waals surface area contributed by atoms with Crippen LogP contribution in [0.4, 0.5) is 0 Å². The van der Waals surface area contributed by atoms with Crippen LogP contribution in [-0.4, -0.2) is 33.8 Å². The van der Waals surface area contributed by atoms with Crippen LogP contribution in [0, 0.1) is 0 Å². The van der Waals surface area contributed by atoms with Crippen molar-refractivity contribution < 1.29 is 14.3 Å². The van der Waals surface area contributed by atoms with E-state index in [4.69, 9.17) is 9.47 Å². The highest BCUT2D eigenvalue weighted by molar-refractivity contribution is 5.99. The van der Waals surface area contributed by atoms with E-state index in [1.807, 2.05) is 18.2 Å². The Kier molecular flexibility index (Phi) is 3.30. The van der Waals surface area contributed by atoms with Gasteiger partial charge in [0.1, 0.15) is 5.56 Å². The van der Waals surface area contributed by atoms with Gasteiger partial charge in [0.2, 0.25) is 6.79 Å². The highest BCUT2D eigenvalue weighted by Crippen LogP contribution is 2.32. The molecule has 1 aromatic carbocycles. The van der Waals surface area contributed by atoms with Crippen LogP contribution in [-0.2, 0) is 6.42 Å². The molecule has 1 aliphatic heterocycles. The van der Waals surface area contributed by atoms with E-state index in [2.05, 4.69) is 15.4 Å². The van der Waals surface area contributed by atoms with Gasteiger partial charge < -0.3 is 14.8 Å². The van der Waals surface area contributed by atoms with Crippen molar-refractivity contribution in [3.8, 4) is 11.5 Å². The molecular weight excluding hydrogens is 296 g/mol.